The molecule has 0 saturated carbocycles. The van der Waals surface area contributed by atoms with Gasteiger partial charge in [-0.1, -0.05) is 29.4 Å². The molecule has 0 spiro atoms. The number of rotatable bonds is 1. The van der Waals surface area contributed by atoms with Gasteiger partial charge < -0.3 is 8.94 Å². The molecule has 3 rings (SSSR count). The normalized spacial score (nSPS) is 10.8. The van der Waals surface area contributed by atoms with Crippen LogP contribution in [0.5, 0.6) is 0 Å². The molecule has 0 unspecified atom stereocenters. The molecule has 5 heteroatoms. The van der Waals surface area contributed by atoms with Crippen molar-refractivity contribution in [3.63, 3.8) is 0 Å². The number of hydrogen-bond acceptors (Lipinski definition) is 5. The highest BCUT2D eigenvalue weighted by Crippen LogP contribution is 2.22. The largest absolute Gasteiger partial charge is 0.430 e. The van der Waals surface area contributed by atoms with Gasteiger partial charge in [-0.15, -0.1) is 0 Å². The van der Waals surface area contributed by atoms with Gasteiger partial charge in [-0.2, -0.15) is 4.98 Å². The van der Waals surface area contributed by atoms with Crippen molar-refractivity contribution in [2.75, 3.05) is 0 Å². The lowest BCUT2D eigenvalue weighted by Gasteiger charge is -1.99. The van der Waals surface area contributed by atoms with Gasteiger partial charge in [-0.05, 0) is 0 Å². The summed E-state index contributed by atoms with van der Waals surface area (Å²) in [5.74, 6) is 0.172. The molecule has 0 N–H and O–H groups in total. The smallest absolute Gasteiger partial charge is 0.349 e. The molecule has 5 nitrogen and oxygen atoms in total. The molecule has 0 fully saturated rings. The van der Waals surface area contributed by atoms with Crippen molar-refractivity contribution in [3.8, 4) is 11.5 Å². The number of hydrogen-bond donors (Lipinski definition) is 0. The number of fused-ring (bicyclic) bond motifs is 1. The predicted octanol–water partition coefficient (Wildman–Crippen LogP) is 1.84. The molecule has 16 heavy (non-hydrogen) atoms. The second kappa shape index (κ2) is 3.30. The van der Waals surface area contributed by atoms with E-state index in [0.29, 0.717) is 5.56 Å². The first-order valence-corrected chi connectivity index (χ1v) is 4.64. The maximum atomic E-state index is 11.6. The van der Waals surface area contributed by atoms with Crippen LogP contribution in [0.15, 0.2) is 50.6 Å². The molecule has 3 aromatic rings. The van der Waals surface area contributed by atoms with Crippen LogP contribution < -0.4 is 5.63 Å². The van der Waals surface area contributed by atoms with Crippen LogP contribution >= 0.6 is 0 Å². The Labute approximate surface area is 89.3 Å². The second-order valence-corrected chi connectivity index (χ2v) is 3.23. The highest BCUT2D eigenvalue weighted by atomic mass is 16.5. The van der Waals surface area contributed by atoms with Crippen LogP contribution in [0.4, 0.5) is 0 Å². The van der Waals surface area contributed by atoms with Crippen molar-refractivity contribution in [2.24, 2.45) is 0 Å². The third-order valence-corrected chi connectivity index (χ3v) is 2.30. The van der Waals surface area contributed by atoms with Gasteiger partial charge in [0.05, 0.1) is 0 Å². The molecule has 2 aromatic heterocycles. The number of aromatic nitrogens is 2. The Morgan fingerprint density at radius 1 is 1.19 bits per heavy atom. The van der Waals surface area contributed by atoms with E-state index < -0.39 is 5.63 Å². The van der Waals surface area contributed by atoms with Crippen molar-refractivity contribution in [1.29, 1.82) is 0 Å². The third kappa shape index (κ3) is 1.22. The maximum Gasteiger partial charge on any atom is 0.349 e. The van der Waals surface area contributed by atoms with Gasteiger partial charge in [0.25, 0.3) is 5.89 Å². The first-order valence-electron chi connectivity index (χ1n) is 4.64. The fraction of sp³-hybridized carbons (Fsp3) is 0. The van der Waals surface area contributed by atoms with E-state index in [9.17, 15) is 4.79 Å². The Bertz CT molecular complexity index is 686. The zero-order valence-electron chi connectivity index (χ0n) is 8.08. The van der Waals surface area contributed by atoms with Gasteiger partial charge >= 0.3 is 5.63 Å². The van der Waals surface area contributed by atoms with E-state index in [1.54, 1.807) is 0 Å². The van der Waals surface area contributed by atoms with E-state index in [2.05, 4.69) is 10.1 Å². The summed E-state index contributed by atoms with van der Waals surface area (Å²) in [5.41, 5.74) is -0.182. The lowest BCUT2D eigenvalue weighted by molar-refractivity contribution is 0.426. The first kappa shape index (κ1) is 8.84. The Morgan fingerprint density at radius 2 is 2.06 bits per heavy atom. The Balaban J connectivity index is 2.47. The molecule has 0 aliphatic rings. The highest BCUT2D eigenvalue weighted by molar-refractivity contribution is 5.93. The topological polar surface area (TPSA) is 69.1 Å². The summed E-state index contributed by atoms with van der Waals surface area (Å²) in [6.45, 7) is 0. The fourth-order valence-electron chi connectivity index (χ4n) is 1.60. The standard InChI is InChI=1S/C11H6N2O3/c14-11-9(10-12-6-13-16-10)8-4-2-1-3-7(8)5-15-11/h1-6H. The van der Waals surface area contributed by atoms with Crippen LogP contribution in [0, 0.1) is 0 Å². The van der Waals surface area contributed by atoms with Crippen molar-refractivity contribution in [1.82, 2.24) is 10.1 Å². The second-order valence-electron chi connectivity index (χ2n) is 3.23. The van der Waals surface area contributed by atoms with Gasteiger partial charge in [-0.25, -0.2) is 4.79 Å². The molecular formula is C11H6N2O3. The van der Waals surface area contributed by atoms with Crippen LogP contribution in [0.3, 0.4) is 0 Å². The minimum absolute atomic E-state index is 0.172. The SMILES string of the molecule is O=c1occ2ccccc2c1-c1ncno1. The van der Waals surface area contributed by atoms with Gasteiger partial charge in [0.15, 0.2) is 6.33 Å². The molecule has 0 bridgehead atoms. The zero-order valence-corrected chi connectivity index (χ0v) is 8.08. The van der Waals surface area contributed by atoms with Gasteiger partial charge in [-0.3, -0.25) is 0 Å². The molecule has 0 saturated heterocycles. The quantitative estimate of drug-likeness (QED) is 0.618. The lowest BCUT2D eigenvalue weighted by Crippen LogP contribution is -2.03. The van der Waals surface area contributed by atoms with Crippen LogP contribution in [0.2, 0.25) is 0 Å². The summed E-state index contributed by atoms with van der Waals surface area (Å²) in [5, 5.41) is 5.03. The van der Waals surface area contributed by atoms with Crippen LogP contribution in [-0.4, -0.2) is 10.1 Å². The average Bonchev–Trinajstić information content (AvgIpc) is 2.82. The predicted molar refractivity (Wildman–Crippen MR) is 55.8 cm³/mol. The average molecular weight is 214 g/mol. The third-order valence-electron chi connectivity index (χ3n) is 2.30. The van der Waals surface area contributed by atoms with E-state index in [4.69, 9.17) is 8.94 Å². The van der Waals surface area contributed by atoms with Crippen LogP contribution in [0.1, 0.15) is 0 Å². The summed E-state index contributed by atoms with van der Waals surface area (Å²) in [7, 11) is 0. The van der Waals surface area contributed by atoms with E-state index >= 15 is 0 Å². The Hall–Kier alpha value is -2.43. The zero-order chi connectivity index (χ0) is 11.0. The first-order chi connectivity index (χ1) is 7.86. The Kier molecular flexibility index (Phi) is 1.83. The summed E-state index contributed by atoms with van der Waals surface area (Å²) in [4.78, 5) is 15.5. The molecule has 2 heterocycles. The molecule has 1 aromatic carbocycles. The molecule has 0 radical (unpaired) electrons. The van der Waals surface area contributed by atoms with Gasteiger partial charge in [0.2, 0.25) is 0 Å². The van der Waals surface area contributed by atoms with E-state index in [0.717, 1.165) is 10.8 Å². The highest BCUT2D eigenvalue weighted by Gasteiger charge is 2.14. The van der Waals surface area contributed by atoms with Crippen molar-refractivity contribution in [3.05, 3.63) is 47.3 Å². The number of benzene rings is 1. The number of nitrogens with zero attached hydrogens (tertiary/aromatic N) is 2. The molecule has 0 atom stereocenters. The summed E-state index contributed by atoms with van der Waals surface area (Å²) in [6.07, 6.45) is 2.66. The molecule has 0 amide bonds. The van der Waals surface area contributed by atoms with E-state index in [1.165, 1.54) is 12.6 Å². The van der Waals surface area contributed by atoms with E-state index in [1.807, 2.05) is 24.3 Å². The summed E-state index contributed by atoms with van der Waals surface area (Å²) >= 11 is 0. The molecular weight excluding hydrogens is 208 g/mol. The summed E-state index contributed by atoms with van der Waals surface area (Å²) in [6, 6.07) is 7.35. The van der Waals surface area contributed by atoms with Crippen molar-refractivity contribution in [2.45, 2.75) is 0 Å². The minimum Gasteiger partial charge on any atom is -0.430 e. The monoisotopic (exact) mass is 214 g/mol. The minimum atomic E-state index is -0.483. The van der Waals surface area contributed by atoms with Crippen molar-refractivity contribution < 1.29 is 8.94 Å². The Morgan fingerprint density at radius 3 is 2.88 bits per heavy atom. The summed E-state index contributed by atoms with van der Waals surface area (Å²) < 4.78 is 9.80. The lowest BCUT2D eigenvalue weighted by atomic mass is 10.1. The molecule has 78 valence electrons. The molecule has 0 aliphatic heterocycles. The van der Waals surface area contributed by atoms with Crippen molar-refractivity contribution >= 4 is 10.8 Å². The van der Waals surface area contributed by atoms with E-state index in [-0.39, 0.29) is 5.89 Å². The fourth-order valence-corrected chi connectivity index (χ4v) is 1.60. The van der Waals surface area contributed by atoms with Gasteiger partial charge in [0.1, 0.15) is 11.8 Å². The van der Waals surface area contributed by atoms with Crippen LogP contribution in [0.25, 0.3) is 22.2 Å². The maximum absolute atomic E-state index is 11.6. The molecule has 0 aliphatic carbocycles. The van der Waals surface area contributed by atoms with Crippen LogP contribution in [-0.2, 0) is 0 Å². The van der Waals surface area contributed by atoms with Gasteiger partial charge in [0, 0.05) is 10.8 Å².